The molecule has 2 aromatic carbocycles. The van der Waals surface area contributed by atoms with Gasteiger partial charge in [-0.3, -0.25) is 5.43 Å². The standard InChI is InChI=1S/C16H15N6.BrH/c17-15-20-21-11-14(12-7-3-1-4-8-12)18-16(21)22(15)19-13-9-5-2-6-10-13;/h1-10,19H,11H2,(H2,17,20);1H/q+1;/p-1. The average molecular weight is 371 g/mol. The third-order valence-electron chi connectivity index (χ3n) is 3.54. The van der Waals surface area contributed by atoms with Crippen LogP contribution in [0.1, 0.15) is 5.56 Å². The van der Waals surface area contributed by atoms with Gasteiger partial charge in [0, 0.05) is 10.7 Å². The first-order chi connectivity index (χ1) is 10.8. The van der Waals surface area contributed by atoms with Gasteiger partial charge in [0.05, 0.1) is 5.69 Å². The first-order valence-electron chi connectivity index (χ1n) is 7.05. The van der Waals surface area contributed by atoms with Crippen molar-refractivity contribution >= 4 is 23.3 Å². The number of benzene rings is 2. The molecule has 4 rings (SSSR count). The van der Waals surface area contributed by atoms with Crippen LogP contribution in [0.25, 0.3) is 0 Å². The van der Waals surface area contributed by atoms with E-state index in [9.17, 15) is 0 Å². The number of nitrogens with two attached hydrogens (primary N) is 1. The van der Waals surface area contributed by atoms with Crippen LogP contribution in [0.3, 0.4) is 0 Å². The minimum Gasteiger partial charge on any atom is -1.00 e. The number of nitrogens with zero attached hydrogens (tertiary/aromatic N) is 4. The van der Waals surface area contributed by atoms with E-state index in [0.29, 0.717) is 18.4 Å². The van der Waals surface area contributed by atoms with Crippen molar-refractivity contribution in [2.45, 2.75) is 6.54 Å². The number of nitrogen functional groups attached to an aromatic ring is 1. The molecule has 0 unspecified atom stereocenters. The van der Waals surface area contributed by atoms with Crippen molar-refractivity contribution in [1.29, 1.82) is 0 Å². The Morgan fingerprint density at radius 2 is 1.65 bits per heavy atom. The van der Waals surface area contributed by atoms with Crippen molar-refractivity contribution in [3.05, 3.63) is 66.2 Å². The third kappa shape index (κ3) is 2.83. The van der Waals surface area contributed by atoms with Gasteiger partial charge < -0.3 is 22.7 Å². The second-order valence-corrected chi connectivity index (χ2v) is 5.05. The summed E-state index contributed by atoms with van der Waals surface area (Å²) < 4.78 is 3.50. The summed E-state index contributed by atoms with van der Waals surface area (Å²) in [6.07, 6.45) is 0. The van der Waals surface area contributed by atoms with E-state index in [4.69, 9.17) is 5.73 Å². The molecule has 6 nitrogen and oxygen atoms in total. The van der Waals surface area contributed by atoms with E-state index in [-0.39, 0.29) is 17.0 Å². The lowest BCUT2D eigenvalue weighted by Crippen LogP contribution is -3.00. The normalized spacial score (nSPS) is 12.3. The van der Waals surface area contributed by atoms with E-state index in [1.54, 1.807) is 9.36 Å². The summed E-state index contributed by atoms with van der Waals surface area (Å²) in [4.78, 5) is 4.68. The molecule has 0 bridgehead atoms. The monoisotopic (exact) mass is 370 g/mol. The first-order valence-corrected chi connectivity index (χ1v) is 7.05. The molecule has 1 aromatic heterocycles. The molecule has 2 heterocycles. The summed E-state index contributed by atoms with van der Waals surface area (Å²) in [6, 6.07) is 19.9. The lowest BCUT2D eigenvalue weighted by molar-refractivity contribution is -0.614. The van der Waals surface area contributed by atoms with Crippen LogP contribution in [0.5, 0.6) is 0 Å². The van der Waals surface area contributed by atoms with Crippen molar-refractivity contribution in [3.63, 3.8) is 0 Å². The van der Waals surface area contributed by atoms with Crippen molar-refractivity contribution in [2.24, 2.45) is 4.99 Å². The van der Waals surface area contributed by atoms with Gasteiger partial charge in [-0.1, -0.05) is 48.5 Å². The van der Waals surface area contributed by atoms with Gasteiger partial charge in [-0.15, -0.1) is 14.4 Å². The number of halogens is 1. The van der Waals surface area contributed by atoms with Gasteiger partial charge in [-0.2, -0.15) is 0 Å². The zero-order valence-corrected chi connectivity index (χ0v) is 13.8. The number of hydrogen-bond donors (Lipinski definition) is 2. The largest absolute Gasteiger partial charge is 1.00 e. The molecular formula is C16H15BrN6. The molecule has 0 saturated heterocycles. The molecule has 0 fully saturated rings. The molecule has 0 amide bonds. The highest BCUT2D eigenvalue weighted by Gasteiger charge is 2.30. The number of rotatable bonds is 3. The second kappa shape index (κ2) is 6.21. The molecule has 0 radical (unpaired) electrons. The molecule has 0 spiro atoms. The van der Waals surface area contributed by atoms with Crippen LogP contribution in [0.4, 0.5) is 17.6 Å². The Kier molecular flexibility index (Phi) is 4.12. The van der Waals surface area contributed by atoms with Gasteiger partial charge in [0.15, 0.2) is 0 Å². The third-order valence-corrected chi connectivity index (χ3v) is 3.54. The van der Waals surface area contributed by atoms with Crippen molar-refractivity contribution < 1.29 is 21.7 Å². The van der Waals surface area contributed by atoms with Crippen LogP contribution >= 0.6 is 0 Å². The van der Waals surface area contributed by atoms with Crippen LogP contribution in [0.2, 0.25) is 0 Å². The molecule has 3 N–H and O–H groups in total. The van der Waals surface area contributed by atoms with Gasteiger partial charge >= 0.3 is 11.9 Å². The Labute approximate surface area is 144 Å². The van der Waals surface area contributed by atoms with Crippen LogP contribution in [-0.4, -0.2) is 15.5 Å². The fraction of sp³-hybridized carbons (Fsp3) is 0.0625. The maximum absolute atomic E-state index is 5.98. The van der Waals surface area contributed by atoms with Crippen molar-refractivity contribution in [2.75, 3.05) is 11.2 Å². The highest BCUT2D eigenvalue weighted by atomic mass is 79.9. The molecule has 7 heteroatoms. The predicted octanol–water partition coefficient (Wildman–Crippen LogP) is -1.23. The van der Waals surface area contributed by atoms with Crippen LogP contribution in [0.15, 0.2) is 65.7 Å². The summed E-state index contributed by atoms with van der Waals surface area (Å²) in [6.45, 7) is 0.618. The Hall–Kier alpha value is -2.67. The zero-order chi connectivity index (χ0) is 14.9. The number of para-hydroxylation sites is 1. The number of nitrogens with one attached hydrogen (secondary N) is 1. The number of hydrogen-bond acceptors (Lipinski definition) is 4. The van der Waals surface area contributed by atoms with Gasteiger partial charge in [-0.05, 0) is 12.1 Å². The Morgan fingerprint density at radius 3 is 2.35 bits per heavy atom. The minimum absolute atomic E-state index is 0. The van der Waals surface area contributed by atoms with Crippen molar-refractivity contribution in [3.8, 4) is 0 Å². The molecule has 0 atom stereocenters. The molecule has 1 aliphatic heterocycles. The summed E-state index contributed by atoms with van der Waals surface area (Å²) in [7, 11) is 0. The van der Waals surface area contributed by atoms with Crippen LogP contribution < -0.4 is 32.8 Å². The van der Waals surface area contributed by atoms with Gasteiger partial charge in [0.25, 0.3) is 0 Å². The highest BCUT2D eigenvalue weighted by Crippen LogP contribution is 2.19. The topological polar surface area (TPSA) is 72.1 Å². The fourth-order valence-electron chi connectivity index (χ4n) is 2.48. The smallest absolute Gasteiger partial charge is 0.376 e. The van der Waals surface area contributed by atoms with Gasteiger partial charge in [0.2, 0.25) is 0 Å². The molecule has 23 heavy (non-hydrogen) atoms. The number of anilines is 2. The maximum Gasteiger partial charge on any atom is 0.376 e. The van der Waals surface area contributed by atoms with E-state index in [0.717, 1.165) is 17.0 Å². The fourth-order valence-corrected chi connectivity index (χ4v) is 2.48. The lowest BCUT2D eigenvalue weighted by atomic mass is 10.1. The van der Waals surface area contributed by atoms with E-state index in [1.165, 1.54) is 0 Å². The summed E-state index contributed by atoms with van der Waals surface area (Å²) in [5, 5.41) is 4.34. The molecule has 3 aromatic rings. The molecular weight excluding hydrogens is 356 g/mol. The number of aromatic nitrogens is 3. The molecule has 116 valence electrons. The zero-order valence-electron chi connectivity index (χ0n) is 12.2. The Bertz CT molecular complexity index is 842. The lowest BCUT2D eigenvalue weighted by Gasteiger charge is -2.03. The summed E-state index contributed by atoms with van der Waals surface area (Å²) in [5.74, 6) is 1.08. The Balaban J connectivity index is 0.00000156. The van der Waals surface area contributed by atoms with Gasteiger partial charge in [0.1, 0.15) is 12.3 Å². The minimum atomic E-state index is 0. The van der Waals surface area contributed by atoms with E-state index >= 15 is 0 Å². The molecule has 0 saturated carbocycles. The summed E-state index contributed by atoms with van der Waals surface area (Å²) in [5.41, 5.74) is 12.2. The van der Waals surface area contributed by atoms with E-state index < -0.39 is 0 Å². The molecule has 1 aliphatic rings. The van der Waals surface area contributed by atoms with E-state index in [1.807, 2.05) is 60.7 Å². The SMILES string of the molecule is Nc1nn2c([n+]1Nc1ccccc1)N=C(c1ccccc1)C2.[Br-]. The second-order valence-electron chi connectivity index (χ2n) is 5.05. The Morgan fingerprint density at radius 1 is 1.00 bits per heavy atom. The van der Waals surface area contributed by atoms with E-state index in [2.05, 4.69) is 15.5 Å². The van der Waals surface area contributed by atoms with Crippen molar-refractivity contribution in [1.82, 2.24) is 9.78 Å². The number of aliphatic imine (C=N–C) groups is 1. The maximum atomic E-state index is 5.98. The first kappa shape index (κ1) is 15.2. The average Bonchev–Trinajstić information content (AvgIpc) is 3.09. The quantitative estimate of drug-likeness (QED) is 0.567. The molecule has 0 aliphatic carbocycles. The highest BCUT2D eigenvalue weighted by molar-refractivity contribution is 6.02. The van der Waals surface area contributed by atoms with Crippen LogP contribution in [-0.2, 0) is 6.54 Å². The number of fused-ring (bicyclic) bond motifs is 1. The predicted molar refractivity (Wildman–Crippen MR) is 84.9 cm³/mol. The van der Waals surface area contributed by atoms with Gasteiger partial charge in [-0.25, -0.2) is 0 Å². The van der Waals surface area contributed by atoms with Crippen LogP contribution in [0, 0.1) is 0 Å². The summed E-state index contributed by atoms with van der Waals surface area (Å²) >= 11 is 0.